The lowest BCUT2D eigenvalue weighted by molar-refractivity contribution is -0.124. The Bertz CT molecular complexity index is 421. The Morgan fingerprint density at radius 3 is 2.30 bits per heavy atom. The molecule has 3 N–H and O–H groups in total. The summed E-state index contributed by atoms with van der Waals surface area (Å²) in [6.07, 6.45) is 0. The zero-order valence-electron chi connectivity index (χ0n) is 12.9. The van der Waals surface area contributed by atoms with Crippen molar-refractivity contribution in [3.63, 3.8) is 0 Å². The van der Waals surface area contributed by atoms with Gasteiger partial charge in [0, 0.05) is 13.2 Å². The van der Waals surface area contributed by atoms with Crippen molar-refractivity contribution in [2.24, 2.45) is 11.1 Å². The molecule has 0 heterocycles. The predicted octanol–water partition coefficient (Wildman–Crippen LogP) is 2.21. The van der Waals surface area contributed by atoms with E-state index in [1.165, 1.54) is 0 Å². The van der Waals surface area contributed by atoms with Crippen LogP contribution >= 0.6 is 0 Å². The molecule has 4 nitrogen and oxygen atoms in total. The first-order chi connectivity index (χ1) is 9.34. The van der Waals surface area contributed by atoms with E-state index in [0.717, 1.165) is 11.1 Å². The van der Waals surface area contributed by atoms with E-state index >= 15 is 0 Å². The lowest BCUT2D eigenvalue weighted by atomic mass is 9.87. The van der Waals surface area contributed by atoms with E-state index in [1.54, 1.807) is 0 Å². The number of rotatable bonds is 6. The van der Waals surface area contributed by atoms with Gasteiger partial charge in [-0.2, -0.15) is 0 Å². The van der Waals surface area contributed by atoms with Crippen LogP contribution in [-0.2, 0) is 22.7 Å². The lowest BCUT2D eigenvalue weighted by Crippen LogP contribution is -2.48. The summed E-state index contributed by atoms with van der Waals surface area (Å²) < 4.78 is 5.34. The standard InChI is InChI=1S/C16H26N2O2/c1-5-20-11-13-8-6-12(7-9-13)10-18-15(19)14(17)16(2,3)4/h6-9,14H,5,10-11,17H2,1-4H3,(H,18,19)/t14-/m1/s1. The summed E-state index contributed by atoms with van der Waals surface area (Å²) in [5.74, 6) is -0.115. The fraction of sp³-hybridized carbons (Fsp3) is 0.562. The lowest BCUT2D eigenvalue weighted by Gasteiger charge is -2.25. The van der Waals surface area contributed by atoms with Gasteiger partial charge >= 0.3 is 0 Å². The topological polar surface area (TPSA) is 64.3 Å². The molecule has 1 rings (SSSR count). The third kappa shape index (κ3) is 5.31. The molecule has 0 fully saturated rings. The van der Waals surface area contributed by atoms with E-state index in [-0.39, 0.29) is 11.3 Å². The molecular formula is C16H26N2O2. The van der Waals surface area contributed by atoms with Crippen LogP contribution in [0, 0.1) is 5.41 Å². The second kappa shape index (κ2) is 7.41. The number of carbonyl (C=O) groups excluding carboxylic acids is 1. The van der Waals surface area contributed by atoms with Gasteiger partial charge in [-0.3, -0.25) is 4.79 Å². The van der Waals surface area contributed by atoms with Crippen molar-refractivity contribution >= 4 is 5.91 Å². The Labute approximate surface area is 121 Å². The Balaban J connectivity index is 2.48. The molecule has 0 aromatic heterocycles. The van der Waals surface area contributed by atoms with Crippen molar-refractivity contribution in [1.82, 2.24) is 5.32 Å². The Morgan fingerprint density at radius 2 is 1.80 bits per heavy atom. The van der Waals surface area contributed by atoms with Crippen molar-refractivity contribution in [2.45, 2.75) is 46.9 Å². The minimum absolute atomic E-state index is 0.115. The van der Waals surface area contributed by atoms with Gasteiger partial charge < -0.3 is 15.8 Å². The molecule has 1 amide bonds. The number of carbonyl (C=O) groups is 1. The third-order valence-corrected chi connectivity index (χ3v) is 3.18. The molecule has 0 unspecified atom stereocenters. The van der Waals surface area contributed by atoms with Gasteiger partial charge in [0.15, 0.2) is 0 Å². The quantitative estimate of drug-likeness (QED) is 0.838. The second-order valence-electron chi connectivity index (χ2n) is 6.02. The highest BCUT2D eigenvalue weighted by Crippen LogP contribution is 2.17. The van der Waals surface area contributed by atoms with Gasteiger partial charge in [0.25, 0.3) is 0 Å². The van der Waals surface area contributed by atoms with E-state index in [9.17, 15) is 4.79 Å². The predicted molar refractivity (Wildman–Crippen MR) is 81.0 cm³/mol. The van der Waals surface area contributed by atoms with E-state index in [0.29, 0.717) is 19.8 Å². The molecule has 0 saturated heterocycles. The minimum Gasteiger partial charge on any atom is -0.377 e. The molecule has 112 valence electrons. The van der Waals surface area contributed by atoms with Crippen LogP contribution in [0.4, 0.5) is 0 Å². The molecule has 0 aliphatic heterocycles. The normalized spacial score (nSPS) is 13.1. The number of amides is 1. The number of hydrogen-bond acceptors (Lipinski definition) is 3. The van der Waals surface area contributed by atoms with Gasteiger partial charge in [0.05, 0.1) is 12.6 Å². The van der Waals surface area contributed by atoms with Gasteiger partial charge in [-0.15, -0.1) is 0 Å². The number of nitrogens with two attached hydrogens (primary N) is 1. The van der Waals surface area contributed by atoms with Crippen molar-refractivity contribution in [3.05, 3.63) is 35.4 Å². The molecule has 0 spiro atoms. The SMILES string of the molecule is CCOCc1ccc(CNC(=O)[C@@H](N)C(C)(C)C)cc1. The van der Waals surface area contributed by atoms with Crippen LogP contribution in [0.2, 0.25) is 0 Å². The number of ether oxygens (including phenoxy) is 1. The Kier molecular flexibility index (Phi) is 6.17. The summed E-state index contributed by atoms with van der Waals surface area (Å²) in [5.41, 5.74) is 7.87. The summed E-state index contributed by atoms with van der Waals surface area (Å²) in [5, 5.41) is 2.87. The molecule has 0 bridgehead atoms. The Morgan fingerprint density at radius 1 is 1.25 bits per heavy atom. The maximum atomic E-state index is 11.9. The van der Waals surface area contributed by atoms with Gasteiger partial charge in [0.1, 0.15) is 0 Å². The van der Waals surface area contributed by atoms with Crippen LogP contribution in [0.5, 0.6) is 0 Å². The maximum Gasteiger partial charge on any atom is 0.237 e. The summed E-state index contributed by atoms with van der Waals surface area (Å²) in [7, 11) is 0. The first-order valence-electron chi connectivity index (χ1n) is 7.03. The first-order valence-corrected chi connectivity index (χ1v) is 7.03. The van der Waals surface area contributed by atoms with Crippen molar-refractivity contribution in [1.29, 1.82) is 0 Å². The molecular weight excluding hydrogens is 252 g/mol. The molecule has 1 aromatic rings. The summed E-state index contributed by atoms with van der Waals surface area (Å²) in [4.78, 5) is 11.9. The van der Waals surface area contributed by atoms with Crippen LogP contribution in [0.15, 0.2) is 24.3 Å². The van der Waals surface area contributed by atoms with E-state index in [4.69, 9.17) is 10.5 Å². The number of nitrogens with one attached hydrogen (secondary N) is 1. The first kappa shape index (κ1) is 16.7. The number of benzene rings is 1. The van der Waals surface area contributed by atoms with E-state index < -0.39 is 6.04 Å². The monoisotopic (exact) mass is 278 g/mol. The second-order valence-corrected chi connectivity index (χ2v) is 6.02. The molecule has 0 radical (unpaired) electrons. The van der Waals surface area contributed by atoms with Gasteiger partial charge in [-0.25, -0.2) is 0 Å². The molecule has 4 heteroatoms. The zero-order chi connectivity index (χ0) is 15.2. The van der Waals surface area contributed by atoms with Crippen molar-refractivity contribution in [3.8, 4) is 0 Å². The average Bonchev–Trinajstić information content (AvgIpc) is 2.41. The summed E-state index contributed by atoms with van der Waals surface area (Å²) in [6, 6.07) is 7.52. The Hall–Kier alpha value is -1.39. The van der Waals surface area contributed by atoms with E-state index in [2.05, 4.69) is 5.32 Å². The molecule has 20 heavy (non-hydrogen) atoms. The highest BCUT2D eigenvalue weighted by Gasteiger charge is 2.26. The van der Waals surface area contributed by atoms with Crippen molar-refractivity contribution in [2.75, 3.05) is 6.61 Å². The summed E-state index contributed by atoms with van der Waals surface area (Å²) >= 11 is 0. The van der Waals surface area contributed by atoms with Crippen LogP contribution in [0.1, 0.15) is 38.8 Å². The number of hydrogen-bond donors (Lipinski definition) is 2. The van der Waals surface area contributed by atoms with E-state index in [1.807, 2.05) is 52.0 Å². The third-order valence-electron chi connectivity index (χ3n) is 3.18. The molecule has 1 aromatic carbocycles. The molecule has 0 saturated carbocycles. The zero-order valence-corrected chi connectivity index (χ0v) is 12.9. The van der Waals surface area contributed by atoms with Crippen molar-refractivity contribution < 1.29 is 9.53 Å². The maximum absolute atomic E-state index is 11.9. The van der Waals surface area contributed by atoms with Crippen LogP contribution in [0.25, 0.3) is 0 Å². The van der Waals surface area contributed by atoms with Gasteiger partial charge in [0.2, 0.25) is 5.91 Å². The molecule has 1 atom stereocenters. The van der Waals surface area contributed by atoms with Crippen LogP contribution < -0.4 is 11.1 Å². The molecule has 0 aliphatic rings. The highest BCUT2D eigenvalue weighted by molar-refractivity contribution is 5.82. The smallest absolute Gasteiger partial charge is 0.237 e. The minimum atomic E-state index is -0.500. The van der Waals surface area contributed by atoms with Crippen LogP contribution in [0.3, 0.4) is 0 Å². The van der Waals surface area contributed by atoms with Gasteiger partial charge in [-0.05, 0) is 23.5 Å². The van der Waals surface area contributed by atoms with Gasteiger partial charge in [-0.1, -0.05) is 45.0 Å². The highest BCUT2D eigenvalue weighted by atomic mass is 16.5. The average molecular weight is 278 g/mol. The fourth-order valence-corrected chi connectivity index (χ4v) is 1.67. The van der Waals surface area contributed by atoms with Crippen LogP contribution in [-0.4, -0.2) is 18.6 Å². The fourth-order valence-electron chi connectivity index (χ4n) is 1.67. The molecule has 0 aliphatic carbocycles. The summed E-state index contributed by atoms with van der Waals surface area (Å²) in [6.45, 7) is 9.68. The largest absolute Gasteiger partial charge is 0.377 e.